The van der Waals surface area contributed by atoms with E-state index in [2.05, 4.69) is 0 Å². The maximum absolute atomic E-state index is 15.7. The molecule has 3 N–H and O–H groups in total. The van der Waals surface area contributed by atoms with E-state index in [-0.39, 0.29) is 49.0 Å². The zero-order valence-corrected chi connectivity index (χ0v) is 17.1. The molecule has 1 saturated carbocycles. The molecule has 3 fully saturated rings. The molecule has 2 aromatic rings. The zero-order valence-electron chi connectivity index (χ0n) is 16.3. The van der Waals surface area contributed by atoms with Crippen LogP contribution < -0.4 is 16.1 Å². The predicted molar refractivity (Wildman–Crippen MR) is 109 cm³/mol. The molecule has 31 heavy (non-hydrogen) atoms. The molecule has 4 unspecified atom stereocenters. The van der Waals surface area contributed by atoms with Gasteiger partial charge < -0.3 is 25.0 Å². The zero-order chi connectivity index (χ0) is 21.4. The van der Waals surface area contributed by atoms with Crippen molar-refractivity contribution in [3.8, 4) is 0 Å². The Morgan fingerprint density at radius 1 is 1.39 bits per heavy atom. The molecule has 3 aliphatic rings. The SMILES string of the molecule is Cl.NCC12CN(c3c(F)cc4c(=O)c(C(=O)O)cn(C5CC5F)c4c3F)CC1CCO2. The summed E-state index contributed by atoms with van der Waals surface area (Å²) in [5.74, 6) is -3.51. The number of carboxylic acids is 1. The first-order chi connectivity index (χ1) is 14.3. The van der Waals surface area contributed by atoms with Crippen LogP contribution in [-0.2, 0) is 4.74 Å². The standard InChI is InChI=1S/C20H20F3N3O4.ClH/c21-12-4-14(12)26-6-11(19(28)29)18(27)10-3-13(22)17(15(23)16(10)26)25-5-9-1-2-30-20(9,7-24)8-25;/h3,6,9,12,14H,1-2,4-5,7-8,24H2,(H,28,29);1H. The fourth-order valence-electron chi connectivity index (χ4n) is 4.91. The molecule has 11 heteroatoms. The van der Waals surface area contributed by atoms with Gasteiger partial charge in [0, 0.05) is 44.8 Å². The monoisotopic (exact) mass is 459 g/mol. The van der Waals surface area contributed by atoms with Gasteiger partial charge in [-0.2, -0.15) is 0 Å². The maximum Gasteiger partial charge on any atom is 0.341 e. The van der Waals surface area contributed by atoms with Crippen LogP contribution in [0.15, 0.2) is 17.1 Å². The van der Waals surface area contributed by atoms with E-state index >= 15 is 8.78 Å². The van der Waals surface area contributed by atoms with Crippen molar-refractivity contribution < 1.29 is 27.8 Å². The van der Waals surface area contributed by atoms with E-state index in [1.165, 1.54) is 4.90 Å². The molecule has 2 aliphatic heterocycles. The van der Waals surface area contributed by atoms with Gasteiger partial charge in [0.1, 0.15) is 28.8 Å². The van der Waals surface area contributed by atoms with Crippen LogP contribution in [0.2, 0.25) is 0 Å². The molecular weight excluding hydrogens is 439 g/mol. The van der Waals surface area contributed by atoms with Gasteiger partial charge in [-0.05, 0) is 12.5 Å². The largest absolute Gasteiger partial charge is 0.477 e. The minimum atomic E-state index is -1.54. The highest BCUT2D eigenvalue weighted by Crippen LogP contribution is 2.45. The number of aromatic carboxylic acids is 1. The fraction of sp³-hybridized carbons (Fsp3) is 0.500. The smallest absolute Gasteiger partial charge is 0.341 e. The second kappa shape index (κ2) is 7.39. The number of nitrogens with zero attached hydrogens (tertiary/aromatic N) is 2. The van der Waals surface area contributed by atoms with Crippen molar-refractivity contribution in [2.75, 3.05) is 31.1 Å². The van der Waals surface area contributed by atoms with Crippen molar-refractivity contribution in [1.82, 2.24) is 4.57 Å². The Kier molecular flexibility index (Phi) is 5.22. The summed E-state index contributed by atoms with van der Waals surface area (Å²) >= 11 is 0. The van der Waals surface area contributed by atoms with Crippen molar-refractivity contribution in [1.29, 1.82) is 0 Å². The topological polar surface area (TPSA) is 97.8 Å². The Morgan fingerprint density at radius 3 is 2.68 bits per heavy atom. The highest BCUT2D eigenvalue weighted by Gasteiger charge is 2.51. The molecular formula is C20H21ClF3N3O4. The van der Waals surface area contributed by atoms with Crippen LogP contribution in [0.4, 0.5) is 18.9 Å². The van der Waals surface area contributed by atoms with Gasteiger partial charge in [0.05, 0.1) is 16.9 Å². The van der Waals surface area contributed by atoms with Crippen LogP contribution in [0.25, 0.3) is 10.9 Å². The number of pyridine rings is 1. The molecule has 2 saturated heterocycles. The number of fused-ring (bicyclic) bond motifs is 2. The first-order valence-corrected chi connectivity index (χ1v) is 9.80. The van der Waals surface area contributed by atoms with Gasteiger partial charge in [0.25, 0.3) is 0 Å². The van der Waals surface area contributed by atoms with Crippen molar-refractivity contribution in [3.63, 3.8) is 0 Å². The molecule has 0 radical (unpaired) electrons. The van der Waals surface area contributed by atoms with Crippen LogP contribution in [0.3, 0.4) is 0 Å². The number of halogens is 4. The van der Waals surface area contributed by atoms with E-state index in [1.54, 1.807) is 0 Å². The fourth-order valence-corrected chi connectivity index (χ4v) is 4.91. The number of hydrogen-bond donors (Lipinski definition) is 2. The van der Waals surface area contributed by atoms with Gasteiger partial charge in [-0.3, -0.25) is 4.79 Å². The van der Waals surface area contributed by atoms with E-state index in [9.17, 15) is 19.1 Å². The van der Waals surface area contributed by atoms with Crippen LogP contribution >= 0.6 is 12.4 Å². The molecule has 1 aliphatic carbocycles. The summed E-state index contributed by atoms with van der Waals surface area (Å²) in [5.41, 5.74) is 2.93. The van der Waals surface area contributed by atoms with Crippen molar-refractivity contribution in [3.05, 3.63) is 39.7 Å². The Balaban J connectivity index is 0.00000231. The predicted octanol–water partition coefficient (Wildman–Crippen LogP) is 2.24. The Labute approximate surface area is 181 Å². The molecule has 168 valence electrons. The van der Waals surface area contributed by atoms with E-state index in [4.69, 9.17) is 10.5 Å². The van der Waals surface area contributed by atoms with Gasteiger partial charge in [-0.1, -0.05) is 0 Å². The van der Waals surface area contributed by atoms with E-state index in [1.807, 2.05) is 0 Å². The molecule has 5 rings (SSSR count). The highest BCUT2D eigenvalue weighted by atomic mass is 35.5. The lowest BCUT2D eigenvalue weighted by Crippen LogP contribution is -2.44. The molecule has 0 bridgehead atoms. The molecule has 1 aromatic carbocycles. The first kappa shape index (κ1) is 21.9. The molecule has 0 amide bonds. The Bertz CT molecular complexity index is 1140. The van der Waals surface area contributed by atoms with Crippen LogP contribution in [0, 0.1) is 17.6 Å². The van der Waals surface area contributed by atoms with Gasteiger partial charge in [0.15, 0.2) is 5.82 Å². The average Bonchev–Trinajstić information content (AvgIpc) is 3.12. The second-order valence-electron chi connectivity index (χ2n) is 8.30. The maximum atomic E-state index is 15.7. The summed E-state index contributed by atoms with van der Waals surface area (Å²) in [6.45, 7) is 1.28. The van der Waals surface area contributed by atoms with E-state index < -0.39 is 51.8 Å². The summed E-state index contributed by atoms with van der Waals surface area (Å²) in [6, 6.07) is 0.0503. The van der Waals surface area contributed by atoms with Crippen molar-refractivity contribution in [2.24, 2.45) is 11.7 Å². The highest BCUT2D eigenvalue weighted by molar-refractivity contribution is 5.94. The number of ether oxygens (including phenoxy) is 1. The third-order valence-corrected chi connectivity index (χ3v) is 6.61. The lowest BCUT2D eigenvalue weighted by molar-refractivity contribution is 0.0126. The number of hydrogen-bond acceptors (Lipinski definition) is 5. The number of carboxylic acid groups (broad SMARTS) is 1. The lowest BCUT2D eigenvalue weighted by atomic mass is 9.91. The third-order valence-electron chi connectivity index (χ3n) is 6.61. The summed E-state index contributed by atoms with van der Waals surface area (Å²) in [4.78, 5) is 25.5. The molecule has 1 aromatic heterocycles. The Morgan fingerprint density at radius 2 is 2.10 bits per heavy atom. The quantitative estimate of drug-likeness (QED) is 0.727. The molecule has 0 spiro atoms. The van der Waals surface area contributed by atoms with Gasteiger partial charge in [-0.15, -0.1) is 12.4 Å². The minimum absolute atomic E-state index is 0. The van der Waals surface area contributed by atoms with Gasteiger partial charge in [0.2, 0.25) is 5.43 Å². The molecule has 4 atom stereocenters. The van der Waals surface area contributed by atoms with Crippen molar-refractivity contribution in [2.45, 2.75) is 30.7 Å². The third kappa shape index (κ3) is 3.11. The summed E-state index contributed by atoms with van der Waals surface area (Å²) in [7, 11) is 0. The number of rotatable bonds is 4. The number of nitrogens with two attached hydrogens (primary N) is 1. The van der Waals surface area contributed by atoms with E-state index in [0.717, 1.165) is 23.3 Å². The van der Waals surface area contributed by atoms with Crippen molar-refractivity contribution >= 4 is 35.0 Å². The van der Waals surface area contributed by atoms with Gasteiger partial charge >= 0.3 is 5.97 Å². The summed E-state index contributed by atoms with van der Waals surface area (Å²) in [5, 5.41) is 8.88. The summed E-state index contributed by atoms with van der Waals surface area (Å²) in [6.07, 6.45) is 0.456. The van der Waals surface area contributed by atoms with Crippen LogP contribution in [-0.4, -0.2) is 53.7 Å². The number of benzene rings is 1. The number of carbonyl (C=O) groups is 1. The average molecular weight is 460 g/mol. The number of alkyl halides is 1. The Hall–Kier alpha value is -2.30. The number of anilines is 1. The second-order valence-corrected chi connectivity index (χ2v) is 8.30. The normalized spacial score (nSPS) is 29.2. The minimum Gasteiger partial charge on any atom is -0.477 e. The van der Waals surface area contributed by atoms with Gasteiger partial charge in [-0.25, -0.2) is 18.0 Å². The lowest BCUT2D eigenvalue weighted by Gasteiger charge is -2.27. The number of aromatic nitrogens is 1. The van der Waals surface area contributed by atoms with Crippen LogP contribution in [0.1, 0.15) is 29.2 Å². The first-order valence-electron chi connectivity index (χ1n) is 9.80. The van der Waals surface area contributed by atoms with E-state index in [0.29, 0.717) is 13.2 Å². The summed E-state index contributed by atoms with van der Waals surface area (Å²) < 4.78 is 51.5. The molecule has 7 nitrogen and oxygen atoms in total. The van der Waals surface area contributed by atoms with Crippen LogP contribution in [0.5, 0.6) is 0 Å². The molecule has 3 heterocycles.